The third-order valence-electron chi connectivity index (χ3n) is 3.50. The highest BCUT2D eigenvalue weighted by Gasteiger charge is 2.09. The van der Waals surface area contributed by atoms with Crippen molar-refractivity contribution in [2.24, 2.45) is 5.92 Å². The van der Waals surface area contributed by atoms with Crippen LogP contribution in [0.4, 0.5) is 5.69 Å². The van der Waals surface area contributed by atoms with Gasteiger partial charge in [-0.3, -0.25) is 4.79 Å². The molecule has 2 aromatic rings. The molecule has 0 aliphatic heterocycles. The van der Waals surface area contributed by atoms with Gasteiger partial charge in [0, 0.05) is 41.9 Å². The molecule has 0 N–H and O–H groups in total. The summed E-state index contributed by atoms with van der Waals surface area (Å²) in [5, 5.41) is 0. The molecule has 2 nitrogen and oxygen atoms in total. The fourth-order valence-corrected chi connectivity index (χ4v) is 2.98. The molecule has 0 radical (unpaired) electrons. The lowest BCUT2D eigenvalue weighted by molar-refractivity contribution is 0.0939. The fraction of sp³-hybridized carbons (Fsp3) is 0.316. The lowest BCUT2D eigenvalue weighted by atomic mass is 10.0. The van der Waals surface area contributed by atoms with Gasteiger partial charge in [-0.25, -0.2) is 0 Å². The standard InChI is InChI=1S/C19H23NOS/c1-14(2)19(21)16-8-10-18(11-9-16)22-13-15-6-5-7-17(12-15)20(3)4/h5-12,14H,13H2,1-4H3. The molecule has 0 atom stereocenters. The van der Waals surface area contributed by atoms with E-state index in [1.165, 1.54) is 16.1 Å². The highest BCUT2D eigenvalue weighted by Crippen LogP contribution is 2.25. The van der Waals surface area contributed by atoms with Crippen LogP contribution in [0.5, 0.6) is 0 Å². The molecule has 0 heterocycles. The van der Waals surface area contributed by atoms with Crippen LogP contribution in [-0.4, -0.2) is 19.9 Å². The Bertz CT molecular complexity index is 632. The molecule has 2 aromatic carbocycles. The summed E-state index contributed by atoms with van der Waals surface area (Å²) in [6.07, 6.45) is 0. The van der Waals surface area contributed by atoms with Gasteiger partial charge in [0.2, 0.25) is 0 Å². The van der Waals surface area contributed by atoms with E-state index in [1.54, 1.807) is 11.8 Å². The first kappa shape index (κ1) is 16.6. The summed E-state index contributed by atoms with van der Waals surface area (Å²) in [4.78, 5) is 15.2. The van der Waals surface area contributed by atoms with Crippen LogP contribution in [0.1, 0.15) is 29.8 Å². The lowest BCUT2D eigenvalue weighted by Gasteiger charge is -2.13. The van der Waals surface area contributed by atoms with Crippen LogP contribution in [0.3, 0.4) is 0 Å². The summed E-state index contributed by atoms with van der Waals surface area (Å²) in [7, 11) is 4.10. The van der Waals surface area contributed by atoms with E-state index in [2.05, 4.69) is 43.3 Å². The van der Waals surface area contributed by atoms with Crippen molar-refractivity contribution in [1.82, 2.24) is 0 Å². The number of carbonyl (C=O) groups is 1. The lowest BCUT2D eigenvalue weighted by Crippen LogP contribution is -2.08. The Morgan fingerprint density at radius 1 is 1.09 bits per heavy atom. The smallest absolute Gasteiger partial charge is 0.165 e. The normalized spacial score (nSPS) is 10.8. The van der Waals surface area contributed by atoms with Gasteiger partial charge >= 0.3 is 0 Å². The highest BCUT2D eigenvalue weighted by atomic mass is 32.2. The second kappa shape index (κ2) is 7.50. The van der Waals surface area contributed by atoms with Gasteiger partial charge in [0.1, 0.15) is 0 Å². The minimum Gasteiger partial charge on any atom is -0.378 e. The first-order valence-electron chi connectivity index (χ1n) is 7.50. The third-order valence-corrected chi connectivity index (χ3v) is 4.58. The molecule has 0 fully saturated rings. The van der Waals surface area contributed by atoms with Crippen molar-refractivity contribution < 1.29 is 4.79 Å². The van der Waals surface area contributed by atoms with Crippen molar-refractivity contribution in [3.63, 3.8) is 0 Å². The van der Waals surface area contributed by atoms with E-state index in [0.29, 0.717) is 0 Å². The Kier molecular flexibility index (Phi) is 5.67. The summed E-state index contributed by atoms with van der Waals surface area (Å²) in [5.74, 6) is 1.18. The topological polar surface area (TPSA) is 20.3 Å². The molecule has 0 saturated heterocycles. The average Bonchev–Trinajstić information content (AvgIpc) is 2.53. The van der Waals surface area contributed by atoms with Crippen LogP contribution in [0.2, 0.25) is 0 Å². The molecule has 0 spiro atoms. The number of hydrogen-bond donors (Lipinski definition) is 0. The monoisotopic (exact) mass is 313 g/mol. The van der Waals surface area contributed by atoms with E-state index in [4.69, 9.17) is 0 Å². The molecule has 116 valence electrons. The quantitative estimate of drug-likeness (QED) is 0.560. The minimum absolute atomic E-state index is 0.0484. The van der Waals surface area contributed by atoms with Crippen LogP contribution in [0.15, 0.2) is 53.4 Å². The van der Waals surface area contributed by atoms with E-state index in [1.807, 2.05) is 38.1 Å². The van der Waals surface area contributed by atoms with E-state index in [0.717, 1.165) is 11.3 Å². The van der Waals surface area contributed by atoms with E-state index in [9.17, 15) is 4.79 Å². The molecule has 0 aromatic heterocycles. The summed E-state index contributed by atoms with van der Waals surface area (Å²) >= 11 is 1.79. The summed E-state index contributed by atoms with van der Waals surface area (Å²) in [6, 6.07) is 16.5. The molecule has 0 bridgehead atoms. The van der Waals surface area contributed by atoms with Crippen LogP contribution in [0.25, 0.3) is 0 Å². The number of Topliss-reactive ketones (excluding diaryl/α,β-unsaturated/α-hetero) is 1. The number of ketones is 1. The Morgan fingerprint density at radius 3 is 2.36 bits per heavy atom. The van der Waals surface area contributed by atoms with Crippen LogP contribution >= 0.6 is 11.8 Å². The Balaban J connectivity index is 2.00. The predicted molar refractivity (Wildman–Crippen MR) is 95.9 cm³/mol. The second-order valence-electron chi connectivity index (χ2n) is 5.90. The van der Waals surface area contributed by atoms with Gasteiger partial charge in [0.05, 0.1) is 0 Å². The molecule has 0 aliphatic rings. The number of hydrogen-bond acceptors (Lipinski definition) is 3. The van der Waals surface area contributed by atoms with Gasteiger partial charge in [-0.05, 0) is 29.8 Å². The fourth-order valence-electron chi connectivity index (χ4n) is 2.14. The summed E-state index contributed by atoms with van der Waals surface area (Å²) < 4.78 is 0. The first-order valence-corrected chi connectivity index (χ1v) is 8.49. The summed E-state index contributed by atoms with van der Waals surface area (Å²) in [6.45, 7) is 3.87. The average molecular weight is 313 g/mol. The first-order chi connectivity index (χ1) is 10.5. The molecule has 22 heavy (non-hydrogen) atoms. The van der Waals surface area contributed by atoms with Crippen molar-refractivity contribution in [3.05, 3.63) is 59.7 Å². The van der Waals surface area contributed by atoms with Gasteiger partial charge in [-0.15, -0.1) is 11.8 Å². The third kappa shape index (κ3) is 4.38. The number of thioether (sulfide) groups is 1. The Morgan fingerprint density at radius 2 is 1.77 bits per heavy atom. The van der Waals surface area contributed by atoms with Crippen molar-refractivity contribution in [2.45, 2.75) is 24.5 Å². The molecular formula is C19H23NOS. The maximum absolute atomic E-state index is 11.9. The SMILES string of the molecule is CC(C)C(=O)c1ccc(SCc2cccc(N(C)C)c2)cc1. The Hall–Kier alpha value is -1.74. The molecule has 0 saturated carbocycles. The summed E-state index contributed by atoms with van der Waals surface area (Å²) in [5.41, 5.74) is 3.32. The molecule has 0 amide bonds. The number of benzene rings is 2. The molecule has 0 aliphatic carbocycles. The van der Waals surface area contributed by atoms with Gasteiger partial charge in [-0.2, -0.15) is 0 Å². The van der Waals surface area contributed by atoms with Crippen LogP contribution in [-0.2, 0) is 5.75 Å². The maximum Gasteiger partial charge on any atom is 0.165 e. The van der Waals surface area contributed by atoms with Crippen LogP contribution < -0.4 is 4.90 Å². The van der Waals surface area contributed by atoms with Gasteiger partial charge in [0.15, 0.2) is 5.78 Å². The zero-order chi connectivity index (χ0) is 16.1. The maximum atomic E-state index is 11.9. The number of rotatable bonds is 6. The van der Waals surface area contributed by atoms with E-state index < -0.39 is 0 Å². The van der Waals surface area contributed by atoms with E-state index in [-0.39, 0.29) is 11.7 Å². The van der Waals surface area contributed by atoms with Crippen LogP contribution in [0, 0.1) is 5.92 Å². The minimum atomic E-state index is 0.0484. The molecule has 3 heteroatoms. The predicted octanol–water partition coefficient (Wildman–Crippen LogP) is 4.88. The van der Waals surface area contributed by atoms with Gasteiger partial charge < -0.3 is 4.90 Å². The number of carbonyl (C=O) groups excluding carboxylic acids is 1. The molecule has 2 rings (SSSR count). The van der Waals surface area contributed by atoms with Crippen molar-refractivity contribution in [1.29, 1.82) is 0 Å². The highest BCUT2D eigenvalue weighted by molar-refractivity contribution is 7.98. The van der Waals surface area contributed by atoms with Gasteiger partial charge in [-0.1, -0.05) is 38.1 Å². The van der Waals surface area contributed by atoms with Crippen molar-refractivity contribution in [2.75, 3.05) is 19.0 Å². The van der Waals surface area contributed by atoms with Gasteiger partial charge in [0.25, 0.3) is 0 Å². The number of anilines is 1. The Labute approximate surface area is 137 Å². The van der Waals surface area contributed by atoms with Crippen molar-refractivity contribution >= 4 is 23.2 Å². The van der Waals surface area contributed by atoms with Crippen molar-refractivity contribution in [3.8, 4) is 0 Å². The molecular weight excluding hydrogens is 290 g/mol. The zero-order valence-electron chi connectivity index (χ0n) is 13.7. The zero-order valence-corrected chi connectivity index (χ0v) is 14.5. The van der Waals surface area contributed by atoms with E-state index >= 15 is 0 Å². The number of nitrogens with zero attached hydrogens (tertiary/aromatic N) is 1. The second-order valence-corrected chi connectivity index (χ2v) is 6.95. The largest absolute Gasteiger partial charge is 0.378 e. The molecule has 0 unspecified atom stereocenters.